The zero-order chi connectivity index (χ0) is 22.9. The minimum atomic E-state index is -1.09. The van der Waals surface area contributed by atoms with E-state index in [0.717, 1.165) is 42.0 Å². The maximum absolute atomic E-state index is 14.9. The molecule has 2 unspecified atom stereocenters. The highest BCUT2D eigenvalue weighted by Crippen LogP contribution is 2.34. The molecule has 3 aromatic rings. The number of nitrogens with one attached hydrogen (secondary N) is 3. The van der Waals surface area contributed by atoms with Crippen molar-refractivity contribution >= 4 is 34.4 Å². The third-order valence-corrected chi connectivity index (χ3v) is 5.84. The van der Waals surface area contributed by atoms with E-state index in [2.05, 4.69) is 30.8 Å². The van der Waals surface area contributed by atoms with Crippen LogP contribution in [0.25, 0.3) is 10.9 Å². The molecule has 1 aliphatic rings. The summed E-state index contributed by atoms with van der Waals surface area (Å²) in [4.78, 5) is 22.0. The van der Waals surface area contributed by atoms with E-state index in [4.69, 9.17) is 0 Å². The van der Waals surface area contributed by atoms with E-state index in [1.54, 1.807) is 6.20 Å². The smallest absolute Gasteiger partial charge is 0.404 e. The Kier molecular flexibility index (Phi) is 5.86. The van der Waals surface area contributed by atoms with Crippen molar-refractivity contribution in [1.29, 1.82) is 0 Å². The minimum absolute atomic E-state index is 0.177. The predicted molar refractivity (Wildman–Crippen MR) is 121 cm³/mol. The van der Waals surface area contributed by atoms with Gasteiger partial charge in [0.1, 0.15) is 0 Å². The van der Waals surface area contributed by atoms with Crippen LogP contribution in [0.15, 0.2) is 30.6 Å². The summed E-state index contributed by atoms with van der Waals surface area (Å²) in [5.41, 5.74) is 1.25. The van der Waals surface area contributed by atoms with Crippen molar-refractivity contribution in [2.75, 3.05) is 16.8 Å². The van der Waals surface area contributed by atoms with Gasteiger partial charge in [0.15, 0.2) is 11.6 Å². The van der Waals surface area contributed by atoms with Crippen molar-refractivity contribution in [3.8, 4) is 0 Å². The van der Waals surface area contributed by atoms with E-state index >= 15 is 0 Å². The lowest BCUT2D eigenvalue weighted by atomic mass is 9.79. The Morgan fingerprint density at radius 1 is 1.31 bits per heavy atom. The number of carboxylic acid groups (broad SMARTS) is 1. The number of halogens is 1. The van der Waals surface area contributed by atoms with Gasteiger partial charge in [-0.3, -0.25) is 5.10 Å². The molecule has 1 amide bonds. The van der Waals surface area contributed by atoms with E-state index in [-0.39, 0.29) is 23.2 Å². The number of aromatic amines is 1. The molecule has 32 heavy (non-hydrogen) atoms. The molecule has 0 saturated carbocycles. The average molecular weight is 442 g/mol. The predicted octanol–water partition coefficient (Wildman–Crippen LogP) is 4.28. The van der Waals surface area contributed by atoms with Gasteiger partial charge in [0.25, 0.3) is 0 Å². The fourth-order valence-electron chi connectivity index (χ4n) is 4.35. The lowest BCUT2D eigenvalue weighted by Crippen LogP contribution is -2.59. The van der Waals surface area contributed by atoms with Crippen molar-refractivity contribution in [2.45, 2.75) is 52.1 Å². The Morgan fingerprint density at radius 2 is 2.12 bits per heavy atom. The van der Waals surface area contributed by atoms with Crippen LogP contribution in [0.2, 0.25) is 0 Å². The largest absolute Gasteiger partial charge is 0.465 e. The summed E-state index contributed by atoms with van der Waals surface area (Å²) in [6.45, 7) is 6.53. The van der Waals surface area contributed by atoms with Crippen molar-refractivity contribution in [3.63, 3.8) is 0 Å². The number of aromatic nitrogens is 4. The first-order valence-corrected chi connectivity index (χ1v) is 10.7. The number of hydrogen-bond donors (Lipinski definition) is 4. The zero-order valence-electron chi connectivity index (χ0n) is 18.4. The summed E-state index contributed by atoms with van der Waals surface area (Å²) in [6, 6.07) is 5.05. The molecule has 9 nitrogen and oxygen atoms in total. The number of fused-ring (bicyclic) bond motifs is 1. The Bertz CT molecular complexity index is 1110. The molecule has 2 atom stereocenters. The average Bonchev–Trinajstić information content (AvgIpc) is 3.20. The van der Waals surface area contributed by atoms with Gasteiger partial charge in [0, 0.05) is 17.6 Å². The summed E-state index contributed by atoms with van der Waals surface area (Å²) < 4.78 is 14.9. The first-order chi connectivity index (χ1) is 15.2. The van der Waals surface area contributed by atoms with Gasteiger partial charge in [-0.05, 0) is 42.9 Å². The molecule has 1 aliphatic heterocycles. The van der Waals surface area contributed by atoms with Crippen LogP contribution in [0.5, 0.6) is 0 Å². The van der Waals surface area contributed by atoms with Crippen molar-refractivity contribution < 1.29 is 14.3 Å². The molecule has 0 spiro atoms. The molecule has 1 aromatic carbocycles. The fraction of sp³-hybridized carbons (Fsp3) is 0.455. The third kappa shape index (κ3) is 4.58. The number of H-pyrrole nitrogens is 1. The molecule has 1 saturated heterocycles. The van der Waals surface area contributed by atoms with Crippen LogP contribution in [0.3, 0.4) is 0 Å². The first-order valence-electron chi connectivity index (χ1n) is 10.7. The Labute approximate surface area is 185 Å². The standard InChI is InChI=1S/C22H28FN7O2/c1-22(2,3)18(27-21(31)32)17-6-4-5-9-30(17)19-15(23)12-24-20(28-19)26-14-8-7-13-11-25-29-16(13)10-14/h7-8,10-12,17-18,27H,4-6,9H2,1-3H3,(H,25,29)(H,31,32)(H,24,26,28). The molecule has 2 aromatic heterocycles. The Balaban J connectivity index is 1.65. The quantitative estimate of drug-likeness (QED) is 0.467. The highest BCUT2D eigenvalue weighted by atomic mass is 19.1. The molecular weight excluding hydrogens is 413 g/mol. The zero-order valence-corrected chi connectivity index (χ0v) is 18.4. The number of hydrogen-bond acceptors (Lipinski definition) is 6. The Morgan fingerprint density at radius 3 is 2.88 bits per heavy atom. The van der Waals surface area contributed by atoms with Crippen LogP contribution in [-0.4, -0.2) is 50.0 Å². The van der Waals surface area contributed by atoms with Crippen LogP contribution in [0, 0.1) is 11.2 Å². The molecule has 10 heteroatoms. The van der Waals surface area contributed by atoms with Crippen molar-refractivity contribution in [1.82, 2.24) is 25.5 Å². The van der Waals surface area contributed by atoms with Gasteiger partial charge >= 0.3 is 6.09 Å². The van der Waals surface area contributed by atoms with E-state index < -0.39 is 18.0 Å². The normalized spacial score (nSPS) is 17.9. The topological polar surface area (TPSA) is 119 Å². The van der Waals surface area contributed by atoms with Gasteiger partial charge in [-0.2, -0.15) is 10.1 Å². The van der Waals surface area contributed by atoms with Gasteiger partial charge in [-0.1, -0.05) is 20.8 Å². The van der Waals surface area contributed by atoms with E-state index in [0.29, 0.717) is 6.54 Å². The van der Waals surface area contributed by atoms with Crippen LogP contribution in [0.4, 0.5) is 26.6 Å². The lowest BCUT2D eigenvalue weighted by molar-refractivity contribution is 0.159. The highest BCUT2D eigenvalue weighted by molar-refractivity contribution is 5.82. The number of rotatable bonds is 5. The van der Waals surface area contributed by atoms with E-state index in [1.165, 1.54) is 0 Å². The number of amides is 1. The summed E-state index contributed by atoms with van der Waals surface area (Å²) in [5, 5.41) is 23.1. The number of carbonyl (C=O) groups is 1. The summed E-state index contributed by atoms with van der Waals surface area (Å²) in [7, 11) is 0. The SMILES string of the molecule is CC(C)(C)C(NC(=O)O)C1CCCCN1c1nc(Nc2ccc3cn[nH]c3c2)ncc1F. The van der Waals surface area contributed by atoms with Crippen molar-refractivity contribution in [2.24, 2.45) is 5.41 Å². The fourth-order valence-corrected chi connectivity index (χ4v) is 4.35. The maximum Gasteiger partial charge on any atom is 0.404 e. The first kappa shape index (κ1) is 21.8. The molecule has 0 radical (unpaired) electrons. The molecule has 170 valence electrons. The second-order valence-corrected chi connectivity index (χ2v) is 9.21. The maximum atomic E-state index is 14.9. The van der Waals surface area contributed by atoms with Gasteiger partial charge < -0.3 is 20.6 Å². The van der Waals surface area contributed by atoms with Gasteiger partial charge in [-0.15, -0.1) is 0 Å². The van der Waals surface area contributed by atoms with Gasteiger partial charge in [0.2, 0.25) is 5.95 Å². The molecule has 3 heterocycles. The number of anilines is 3. The van der Waals surface area contributed by atoms with E-state index in [9.17, 15) is 14.3 Å². The van der Waals surface area contributed by atoms with Gasteiger partial charge in [-0.25, -0.2) is 14.2 Å². The summed E-state index contributed by atoms with van der Waals surface area (Å²) in [5.74, 6) is -0.0891. The van der Waals surface area contributed by atoms with Crippen LogP contribution < -0.4 is 15.5 Å². The lowest BCUT2D eigenvalue weighted by Gasteiger charge is -2.45. The van der Waals surface area contributed by atoms with Gasteiger partial charge in [0.05, 0.1) is 30.0 Å². The molecular formula is C22H28FN7O2. The summed E-state index contributed by atoms with van der Waals surface area (Å²) >= 11 is 0. The summed E-state index contributed by atoms with van der Waals surface area (Å²) in [6.07, 6.45) is 4.36. The highest BCUT2D eigenvalue weighted by Gasteiger charge is 2.39. The Hall–Kier alpha value is -3.43. The third-order valence-electron chi connectivity index (χ3n) is 5.84. The number of piperidine rings is 1. The number of nitrogens with zero attached hydrogens (tertiary/aromatic N) is 4. The number of benzene rings is 1. The van der Waals surface area contributed by atoms with Crippen LogP contribution >= 0.6 is 0 Å². The molecule has 0 bridgehead atoms. The molecule has 4 N–H and O–H groups in total. The van der Waals surface area contributed by atoms with Crippen LogP contribution in [0.1, 0.15) is 40.0 Å². The van der Waals surface area contributed by atoms with Crippen LogP contribution in [-0.2, 0) is 0 Å². The van der Waals surface area contributed by atoms with E-state index in [1.807, 2.05) is 43.9 Å². The minimum Gasteiger partial charge on any atom is -0.465 e. The van der Waals surface area contributed by atoms with Crippen molar-refractivity contribution in [3.05, 3.63) is 36.4 Å². The monoisotopic (exact) mass is 441 g/mol. The second kappa shape index (κ2) is 8.60. The molecule has 1 fully saturated rings. The molecule has 4 rings (SSSR count). The second-order valence-electron chi connectivity index (χ2n) is 9.21. The molecule has 0 aliphatic carbocycles.